The second-order valence-corrected chi connectivity index (χ2v) is 8.16. The lowest BCUT2D eigenvalue weighted by Gasteiger charge is -2.31. The molecule has 0 heterocycles. The molecule has 0 unspecified atom stereocenters. The first-order valence-corrected chi connectivity index (χ1v) is 10.6. The van der Waals surface area contributed by atoms with Crippen LogP contribution in [0.3, 0.4) is 0 Å². The van der Waals surface area contributed by atoms with Crippen LogP contribution in [0.2, 0.25) is 0 Å². The minimum absolute atomic E-state index is 0.00827. The van der Waals surface area contributed by atoms with Crippen LogP contribution < -0.4 is 10.1 Å². The molecule has 0 saturated carbocycles. The van der Waals surface area contributed by atoms with Gasteiger partial charge in [0.25, 0.3) is 5.91 Å². The van der Waals surface area contributed by atoms with Crippen LogP contribution in [0.15, 0.2) is 42.5 Å². The monoisotopic (exact) mass is 410 g/mol. The number of carbonyl (C=O) groups is 2. The van der Waals surface area contributed by atoms with E-state index in [4.69, 9.17) is 4.74 Å². The molecule has 0 spiro atoms. The Morgan fingerprint density at radius 2 is 1.73 bits per heavy atom. The van der Waals surface area contributed by atoms with Crippen molar-refractivity contribution in [1.29, 1.82) is 0 Å². The van der Waals surface area contributed by atoms with E-state index in [9.17, 15) is 9.59 Å². The van der Waals surface area contributed by atoms with Crippen LogP contribution in [0.4, 0.5) is 0 Å². The fraction of sp³-hybridized carbons (Fsp3) is 0.440. The highest BCUT2D eigenvalue weighted by Gasteiger charge is 2.29. The number of nitrogens with zero attached hydrogens (tertiary/aromatic N) is 1. The zero-order valence-electron chi connectivity index (χ0n) is 19.0. The Labute approximate surface area is 180 Å². The first kappa shape index (κ1) is 23.5. The average Bonchev–Trinajstić information content (AvgIpc) is 2.66. The number of carbonyl (C=O) groups excluding carboxylic acids is 2. The number of aryl methyl sites for hydroxylation is 3. The van der Waals surface area contributed by atoms with Gasteiger partial charge in [0.1, 0.15) is 11.8 Å². The number of hydrogen-bond donors (Lipinski definition) is 1. The Morgan fingerprint density at radius 1 is 1.03 bits per heavy atom. The molecule has 0 fully saturated rings. The number of amides is 2. The maximum atomic E-state index is 13.2. The van der Waals surface area contributed by atoms with E-state index in [1.54, 1.807) is 4.90 Å². The summed E-state index contributed by atoms with van der Waals surface area (Å²) in [6.07, 6.45) is 0.527. The zero-order chi connectivity index (χ0) is 22.3. The Balaban J connectivity index is 2.23. The molecule has 5 heteroatoms. The second kappa shape index (κ2) is 10.8. The van der Waals surface area contributed by atoms with Crippen LogP contribution in [0.25, 0.3) is 0 Å². The molecule has 30 heavy (non-hydrogen) atoms. The van der Waals surface area contributed by atoms with Crippen molar-refractivity contribution >= 4 is 11.8 Å². The molecule has 0 aromatic heterocycles. The summed E-state index contributed by atoms with van der Waals surface area (Å²) < 4.78 is 5.83. The quantitative estimate of drug-likeness (QED) is 0.670. The van der Waals surface area contributed by atoms with E-state index in [1.807, 2.05) is 84.0 Å². The highest BCUT2D eigenvalue weighted by atomic mass is 16.5. The topological polar surface area (TPSA) is 58.6 Å². The van der Waals surface area contributed by atoms with E-state index in [0.717, 1.165) is 22.3 Å². The molecule has 0 aliphatic rings. The normalized spacial score (nSPS) is 11.8. The molecule has 1 atom stereocenters. The Bertz CT molecular complexity index is 876. The van der Waals surface area contributed by atoms with Gasteiger partial charge in [0.05, 0.1) is 0 Å². The molecule has 0 radical (unpaired) electrons. The lowest BCUT2D eigenvalue weighted by molar-refractivity contribution is -0.143. The number of nitrogens with one attached hydrogen (secondary N) is 1. The van der Waals surface area contributed by atoms with Crippen molar-refractivity contribution in [3.8, 4) is 5.75 Å². The lowest BCUT2D eigenvalue weighted by Crippen LogP contribution is -2.51. The van der Waals surface area contributed by atoms with Crippen molar-refractivity contribution in [2.24, 2.45) is 0 Å². The van der Waals surface area contributed by atoms with Gasteiger partial charge < -0.3 is 15.0 Å². The molecule has 2 aromatic rings. The van der Waals surface area contributed by atoms with Gasteiger partial charge in [-0.3, -0.25) is 9.59 Å². The first-order chi connectivity index (χ1) is 14.2. The molecule has 2 rings (SSSR count). The minimum Gasteiger partial charge on any atom is -0.483 e. The standard InChI is InChI=1S/C25H34N2O3/c1-7-22(25(29)26-17(2)3)27(15-21-10-8-9-18(4)14-21)24(28)16-30-23-12-11-19(5)13-20(23)6/h8-14,17,22H,7,15-16H2,1-6H3,(H,26,29)/t22-/m0/s1. The van der Waals surface area contributed by atoms with Crippen LogP contribution in [-0.2, 0) is 16.1 Å². The summed E-state index contributed by atoms with van der Waals surface area (Å²) in [4.78, 5) is 27.6. The molecule has 2 aromatic carbocycles. The van der Waals surface area contributed by atoms with E-state index < -0.39 is 6.04 Å². The summed E-state index contributed by atoms with van der Waals surface area (Å²) in [7, 11) is 0. The van der Waals surface area contributed by atoms with Crippen LogP contribution in [0.5, 0.6) is 5.75 Å². The van der Waals surface area contributed by atoms with E-state index in [-0.39, 0.29) is 24.5 Å². The van der Waals surface area contributed by atoms with Crippen molar-refractivity contribution in [2.45, 2.75) is 66.6 Å². The van der Waals surface area contributed by atoms with Gasteiger partial charge in [0.2, 0.25) is 5.91 Å². The highest BCUT2D eigenvalue weighted by molar-refractivity contribution is 5.88. The van der Waals surface area contributed by atoms with E-state index in [1.165, 1.54) is 0 Å². The van der Waals surface area contributed by atoms with Gasteiger partial charge in [-0.05, 0) is 58.2 Å². The summed E-state index contributed by atoms with van der Waals surface area (Å²) in [6, 6.07) is 13.3. The molecule has 5 nitrogen and oxygen atoms in total. The van der Waals surface area contributed by atoms with Crippen LogP contribution in [0.1, 0.15) is 49.4 Å². The van der Waals surface area contributed by atoms with Crippen LogP contribution in [-0.4, -0.2) is 35.4 Å². The van der Waals surface area contributed by atoms with Gasteiger partial charge >= 0.3 is 0 Å². The van der Waals surface area contributed by atoms with Crippen molar-refractivity contribution in [3.63, 3.8) is 0 Å². The number of rotatable bonds is 9. The summed E-state index contributed by atoms with van der Waals surface area (Å²) in [6.45, 7) is 12.0. The Morgan fingerprint density at radius 3 is 2.33 bits per heavy atom. The number of benzene rings is 2. The summed E-state index contributed by atoms with van der Waals surface area (Å²) in [5, 5.41) is 2.94. The number of ether oxygens (including phenoxy) is 1. The lowest BCUT2D eigenvalue weighted by atomic mass is 10.1. The zero-order valence-corrected chi connectivity index (χ0v) is 19.0. The van der Waals surface area contributed by atoms with Gasteiger partial charge in [-0.2, -0.15) is 0 Å². The van der Waals surface area contributed by atoms with Gasteiger partial charge in [0.15, 0.2) is 6.61 Å². The fourth-order valence-electron chi connectivity index (χ4n) is 3.49. The third-order valence-electron chi connectivity index (χ3n) is 4.93. The maximum Gasteiger partial charge on any atom is 0.261 e. The SMILES string of the molecule is CC[C@@H](C(=O)NC(C)C)N(Cc1cccc(C)c1)C(=O)COc1ccc(C)cc1C. The van der Waals surface area contributed by atoms with Gasteiger partial charge in [-0.15, -0.1) is 0 Å². The smallest absolute Gasteiger partial charge is 0.261 e. The third-order valence-corrected chi connectivity index (χ3v) is 4.93. The molecule has 162 valence electrons. The molecular weight excluding hydrogens is 376 g/mol. The number of hydrogen-bond acceptors (Lipinski definition) is 3. The maximum absolute atomic E-state index is 13.2. The van der Waals surface area contributed by atoms with Crippen molar-refractivity contribution in [2.75, 3.05) is 6.61 Å². The molecule has 0 bridgehead atoms. The van der Waals surface area contributed by atoms with Gasteiger partial charge in [0, 0.05) is 12.6 Å². The largest absolute Gasteiger partial charge is 0.483 e. The molecule has 0 aliphatic heterocycles. The summed E-state index contributed by atoms with van der Waals surface area (Å²) in [5.41, 5.74) is 4.23. The average molecular weight is 411 g/mol. The van der Waals surface area contributed by atoms with Gasteiger partial charge in [-0.25, -0.2) is 0 Å². The molecule has 2 amide bonds. The first-order valence-electron chi connectivity index (χ1n) is 10.6. The predicted molar refractivity (Wildman–Crippen MR) is 120 cm³/mol. The van der Waals surface area contributed by atoms with E-state index in [2.05, 4.69) is 5.32 Å². The highest BCUT2D eigenvalue weighted by Crippen LogP contribution is 2.20. The van der Waals surface area contributed by atoms with Crippen molar-refractivity contribution < 1.29 is 14.3 Å². The van der Waals surface area contributed by atoms with Crippen molar-refractivity contribution in [1.82, 2.24) is 10.2 Å². The Kier molecular flexibility index (Phi) is 8.46. The molecule has 0 aliphatic carbocycles. The third kappa shape index (κ3) is 6.61. The molecule has 0 saturated heterocycles. The van der Waals surface area contributed by atoms with E-state index in [0.29, 0.717) is 18.7 Å². The second-order valence-electron chi connectivity index (χ2n) is 8.16. The fourth-order valence-corrected chi connectivity index (χ4v) is 3.49. The summed E-state index contributed by atoms with van der Waals surface area (Å²) in [5.74, 6) is 0.339. The predicted octanol–water partition coefficient (Wildman–Crippen LogP) is 4.32. The molecular formula is C25H34N2O3. The molecule has 1 N–H and O–H groups in total. The van der Waals surface area contributed by atoms with Gasteiger partial charge in [-0.1, -0.05) is 54.4 Å². The summed E-state index contributed by atoms with van der Waals surface area (Å²) >= 11 is 0. The Hall–Kier alpha value is -2.82. The van der Waals surface area contributed by atoms with Crippen LogP contribution in [0, 0.1) is 20.8 Å². The van der Waals surface area contributed by atoms with Crippen molar-refractivity contribution in [3.05, 3.63) is 64.7 Å². The van der Waals surface area contributed by atoms with Crippen LogP contribution >= 0.6 is 0 Å². The van der Waals surface area contributed by atoms with E-state index >= 15 is 0 Å². The minimum atomic E-state index is -0.553.